The predicted molar refractivity (Wildman–Crippen MR) is 50.6 cm³/mol. The number of hydrogen-bond acceptors (Lipinski definition) is 5. The maximum absolute atomic E-state index is 9.98. The van der Waals surface area contributed by atoms with Crippen molar-refractivity contribution in [3.05, 3.63) is 18.0 Å². The number of allylic oxidation sites excluding steroid dienone is 1. The number of carbonyl (C=O) groups is 1. The summed E-state index contributed by atoms with van der Waals surface area (Å²) in [5.41, 5.74) is 11.4. The summed E-state index contributed by atoms with van der Waals surface area (Å²) in [6.07, 6.45) is 5.98. The average Bonchev–Trinajstić information content (AvgIpc) is 2.12. The Morgan fingerprint density at radius 1 is 1.38 bits per heavy atom. The number of nitrogens with zero attached hydrogens (tertiary/aromatic N) is 2. The van der Waals surface area contributed by atoms with Crippen molar-refractivity contribution in [2.24, 2.45) is 0 Å². The fraction of sp³-hybridized carbons (Fsp3) is 0.125. The molecule has 0 spiro atoms. The Bertz CT molecular complexity index is 335. The van der Waals surface area contributed by atoms with Crippen LogP contribution in [0.4, 0.5) is 11.6 Å². The lowest BCUT2D eigenvalue weighted by molar-refractivity contribution is -0.107. The zero-order valence-electron chi connectivity index (χ0n) is 6.97. The minimum atomic E-state index is 0.202. The molecule has 4 N–H and O–H groups in total. The molecule has 5 heteroatoms. The lowest BCUT2D eigenvalue weighted by Crippen LogP contribution is -2.01. The van der Waals surface area contributed by atoms with Crippen molar-refractivity contribution in [3.8, 4) is 0 Å². The van der Waals surface area contributed by atoms with Crippen LogP contribution in [0.3, 0.4) is 0 Å². The number of hydrogen-bond donors (Lipinski definition) is 2. The quantitative estimate of drug-likeness (QED) is 0.646. The lowest BCUT2D eigenvalue weighted by Gasteiger charge is -1.97. The van der Waals surface area contributed by atoms with Crippen molar-refractivity contribution >= 4 is 24.0 Å². The van der Waals surface area contributed by atoms with E-state index in [2.05, 4.69) is 9.97 Å². The van der Waals surface area contributed by atoms with Crippen LogP contribution in [0.1, 0.15) is 12.1 Å². The second-order valence-electron chi connectivity index (χ2n) is 2.37. The van der Waals surface area contributed by atoms with E-state index in [1.54, 1.807) is 12.2 Å². The molecule has 0 saturated heterocycles. The summed E-state index contributed by atoms with van der Waals surface area (Å²) in [7, 11) is 0. The second kappa shape index (κ2) is 4.20. The highest BCUT2D eigenvalue weighted by Crippen LogP contribution is 2.08. The van der Waals surface area contributed by atoms with Crippen LogP contribution in [-0.2, 0) is 4.79 Å². The molecule has 1 heterocycles. The Hall–Kier alpha value is -1.91. The smallest absolute Gasteiger partial charge is 0.166 e. The molecule has 1 aromatic rings. The van der Waals surface area contributed by atoms with Gasteiger partial charge in [0.15, 0.2) is 11.6 Å². The first kappa shape index (κ1) is 9.18. The third-order valence-corrected chi connectivity index (χ3v) is 1.37. The van der Waals surface area contributed by atoms with Crippen LogP contribution < -0.4 is 11.5 Å². The van der Waals surface area contributed by atoms with Gasteiger partial charge in [-0.15, -0.1) is 0 Å². The largest absolute Gasteiger partial charge is 0.381 e. The highest BCUT2D eigenvalue weighted by molar-refractivity contribution is 5.59. The highest BCUT2D eigenvalue weighted by atomic mass is 16.1. The maximum atomic E-state index is 9.98. The van der Waals surface area contributed by atoms with E-state index in [-0.39, 0.29) is 11.6 Å². The van der Waals surface area contributed by atoms with Crippen molar-refractivity contribution in [3.63, 3.8) is 0 Å². The predicted octanol–water partition coefficient (Wildman–Crippen LogP) is 0.243. The number of rotatable bonds is 3. The second-order valence-corrected chi connectivity index (χ2v) is 2.37. The molecule has 0 fully saturated rings. The molecule has 0 aromatic carbocycles. The van der Waals surface area contributed by atoms with Crippen LogP contribution in [0.5, 0.6) is 0 Å². The number of nitrogens with two attached hydrogens (primary N) is 2. The molecule has 0 aliphatic carbocycles. The molecular weight excluding hydrogens is 168 g/mol. The topological polar surface area (TPSA) is 94.9 Å². The molecule has 0 amide bonds. The third kappa shape index (κ3) is 2.55. The Balaban J connectivity index is 2.79. The van der Waals surface area contributed by atoms with E-state index in [1.807, 2.05) is 0 Å². The Morgan fingerprint density at radius 2 is 2.15 bits per heavy atom. The molecule has 0 aliphatic rings. The molecule has 0 atom stereocenters. The van der Waals surface area contributed by atoms with Gasteiger partial charge in [-0.3, -0.25) is 0 Å². The molecule has 5 nitrogen and oxygen atoms in total. The van der Waals surface area contributed by atoms with E-state index < -0.39 is 0 Å². The van der Waals surface area contributed by atoms with Gasteiger partial charge in [0.1, 0.15) is 6.29 Å². The molecule has 0 bridgehead atoms. The fourth-order valence-electron chi connectivity index (χ4n) is 0.752. The number of nitrogen functional groups attached to an aromatic ring is 2. The summed E-state index contributed by atoms with van der Waals surface area (Å²) in [5.74, 6) is 0.417. The fourth-order valence-corrected chi connectivity index (χ4v) is 0.752. The molecule has 0 aliphatic heterocycles. The SMILES string of the molecule is Nc1ncc(C=CCC=O)nc1N. The molecule has 13 heavy (non-hydrogen) atoms. The summed E-state index contributed by atoms with van der Waals surface area (Å²) < 4.78 is 0. The van der Waals surface area contributed by atoms with Gasteiger partial charge in [-0.1, -0.05) is 6.08 Å². The zero-order valence-corrected chi connectivity index (χ0v) is 6.97. The third-order valence-electron chi connectivity index (χ3n) is 1.37. The Labute approximate surface area is 75.5 Å². The van der Waals surface area contributed by atoms with E-state index in [4.69, 9.17) is 11.5 Å². The first-order valence-corrected chi connectivity index (χ1v) is 3.72. The molecule has 1 aromatic heterocycles. The average molecular weight is 178 g/mol. The Kier molecular flexibility index (Phi) is 2.97. The van der Waals surface area contributed by atoms with Gasteiger partial charge in [-0.2, -0.15) is 0 Å². The minimum absolute atomic E-state index is 0.202. The number of anilines is 2. The standard InChI is InChI=1S/C8H10N4O/c9-7-8(10)12-6(5-11-7)3-1-2-4-13/h1,3-5H,2H2,(H2,9,11)(H2,10,12). The molecule has 1 rings (SSSR count). The minimum Gasteiger partial charge on any atom is -0.381 e. The first-order valence-electron chi connectivity index (χ1n) is 3.72. The van der Waals surface area contributed by atoms with E-state index in [0.29, 0.717) is 12.1 Å². The van der Waals surface area contributed by atoms with Gasteiger partial charge in [0, 0.05) is 6.42 Å². The van der Waals surface area contributed by atoms with Crippen LogP contribution in [-0.4, -0.2) is 16.3 Å². The van der Waals surface area contributed by atoms with E-state index >= 15 is 0 Å². The van der Waals surface area contributed by atoms with Gasteiger partial charge < -0.3 is 16.3 Å². The number of carbonyl (C=O) groups excluding carboxylic acids is 1. The normalized spacial score (nSPS) is 10.5. The maximum Gasteiger partial charge on any atom is 0.166 e. The van der Waals surface area contributed by atoms with Crippen LogP contribution in [0, 0.1) is 0 Å². The van der Waals surface area contributed by atoms with Gasteiger partial charge >= 0.3 is 0 Å². The molecule has 0 radical (unpaired) electrons. The van der Waals surface area contributed by atoms with Gasteiger partial charge in [0.2, 0.25) is 0 Å². The van der Waals surface area contributed by atoms with E-state index in [9.17, 15) is 4.79 Å². The van der Waals surface area contributed by atoms with Crippen molar-refractivity contribution in [2.75, 3.05) is 11.5 Å². The molecule has 68 valence electrons. The van der Waals surface area contributed by atoms with Gasteiger partial charge in [-0.25, -0.2) is 9.97 Å². The van der Waals surface area contributed by atoms with Gasteiger partial charge in [-0.05, 0) is 6.08 Å². The summed E-state index contributed by atoms with van der Waals surface area (Å²) in [4.78, 5) is 17.7. The van der Waals surface area contributed by atoms with Crippen molar-refractivity contribution in [1.29, 1.82) is 0 Å². The van der Waals surface area contributed by atoms with Crippen molar-refractivity contribution < 1.29 is 4.79 Å². The molecular formula is C8H10N4O. The number of aldehydes is 1. The molecule has 0 saturated carbocycles. The van der Waals surface area contributed by atoms with Crippen LogP contribution in [0.2, 0.25) is 0 Å². The van der Waals surface area contributed by atoms with E-state index in [1.165, 1.54) is 6.20 Å². The zero-order chi connectivity index (χ0) is 9.68. The number of aromatic nitrogens is 2. The van der Waals surface area contributed by atoms with Gasteiger partial charge in [0.25, 0.3) is 0 Å². The van der Waals surface area contributed by atoms with Gasteiger partial charge in [0.05, 0.1) is 11.9 Å². The first-order chi connectivity index (χ1) is 6.24. The molecule has 0 unspecified atom stereocenters. The summed E-state index contributed by atoms with van der Waals surface area (Å²) >= 11 is 0. The van der Waals surface area contributed by atoms with Crippen LogP contribution in [0.25, 0.3) is 6.08 Å². The van der Waals surface area contributed by atoms with E-state index in [0.717, 1.165) is 6.29 Å². The van der Waals surface area contributed by atoms with Crippen LogP contribution >= 0.6 is 0 Å². The summed E-state index contributed by atoms with van der Waals surface area (Å²) in [5, 5.41) is 0. The monoisotopic (exact) mass is 178 g/mol. The summed E-state index contributed by atoms with van der Waals surface area (Å²) in [6.45, 7) is 0. The lowest BCUT2D eigenvalue weighted by atomic mass is 10.3. The van der Waals surface area contributed by atoms with Crippen molar-refractivity contribution in [1.82, 2.24) is 9.97 Å². The van der Waals surface area contributed by atoms with Crippen molar-refractivity contribution in [2.45, 2.75) is 6.42 Å². The van der Waals surface area contributed by atoms with Crippen LogP contribution in [0.15, 0.2) is 12.3 Å². The Morgan fingerprint density at radius 3 is 2.77 bits per heavy atom. The highest BCUT2D eigenvalue weighted by Gasteiger charge is 1.96. The summed E-state index contributed by atoms with van der Waals surface area (Å²) in [6, 6.07) is 0.